The van der Waals surface area contributed by atoms with Gasteiger partial charge >= 0.3 is 0 Å². The molecule has 0 radical (unpaired) electrons. The monoisotopic (exact) mass is 400 g/mol. The highest BCUT2D eigenvalue weighted by molar-refractivity contribution is 6.31. The van der Waals surface area contributed by atoms with Crippen molar-refractivity contribution < 1.29 is 4.79 Å². The molecule has 1 amide bonds. The Balaban J connectivity index is 1.72. The van der Waals surface area contributed by atoms with Gasteiger partial charge in [0.25, 0.3) is 5.91 Å². The Bertz CT molecular complexity index is 994. The average molecular weight is 401 g/mol. The average Bonchev–Trinajstić information content (AvgIpc) is 2.91. The van der Waals surface area contributed by atoms with Gasteiger partial charge in [-0.15, -0.1) is 0 Å². The molecular formula is C20H18Cl2N4O. The third-order valence-electron chi connectivity index (χ3n) is 4.18. The molecule has 2 aromatic carbocycles. The second-order valence-electron chi connectivity index (χ2n) is 6.04. The van der Waals surface area contributed by atoms with Crippen LogP contribution in [0.2, 0.25) is 10.0 Å². The molecule has 0 spiro atoms. The molecule has 1 aromatic heterocycles. The number of hydrazone groups is 1. The quantitative estimate of drug-likeness (QED) is 0.501. The van der Waals surface area contributed by atoms with Crippen molar-refractivity contribution in [1.82, 2.24) is 15.2 Å². The highest BCUT2D eigenvalue weighted by atomic mass is 35.5. The van der Waals surface area contributed by atoms with Crippen molar-refractivity contribution in [3.05, 3.63) is 86.7 Å². The lowest BCUT2D eigenvalue weighted by molar-refractivity contribution is 0.0955. The van der Waals surface area contributed by atoms with Crippen molar-refractivity contribution >= 4 is 35.3 Å². The summed E-state index contributed by atoms with van der Waals surface area (Å²) in [6, 6.07) is 14.3. The summed E-state index contributed by atoms with van der Waals surface area (Å²) >= 11 is 12.1. The van der Waals surface area contributed by atoms with Gasteiger partial charge in [-0.05, 0) is 49.7 Å². The first kappa shape index (κ1) is 19.1. The van der Waals surface area contributed by atoms with E-state index in [1.165, 1.54) is 0 Å². The lowest BCUT2D eigenvalue weighted by atomic mass is 10.2. The van der Waals surface area contributed by atoms with E-state index in [1.54, 1.807) is 30.5 Å². The molecule has 0 bridgehead atoms. The fourth-order valence-electron chi connectivity index (χ4n) is 2.66. The summed E-state index contributed by atoms with van der Waals surface area (Å²) in [6.45, 7) is 4.43. The smallest absolute Gasteiger partial charge is 0.267 e. The van der Waals surface area contributed by atoms with Crippen molar-refractivity contribution in [1.29, 1.82) is 0 Å². The summed E-state index contributed by atoms with van der Waals surface area (Å²) in [6.07, 6.45) is 1.61. The van der Waals surface area contributed by atoms with Crippen LogP contribution in [0.5, 0.6) is 0 Å². The highest BCUT2D eigenvalue weighted by Crippen LogP contribution is 2.18. The zero-order chi connectivity index (χ0) is 19.4. The SMILES string of the molecule is Cc1nn(Cc2ccccc2Cl)c(C)c1/C=N\NC(=O)c1ccc(Cl)cc1. The minimum Gasteiger partial charge on any atom is -0.267 e. The third-order valence-corrected chi connectivity index (χ3v) is 4.80. The number of aromatic nitrogens is 2. The molecule has 0 atom stereocenters. The number of rotatable bonds is 5. The topological polar surface area (TPSA) is 59.3 Å². The van der Waals surface area contributed by atoms with Crippen molar-refractivity contribution in [2.75, 3.05) is 0 Å². The third kappa shape index (κ3) is 4.56. The van der Waals surface area contributed by atoms with E-state index in [4.69, 9.17) is 23.2 Å². The molecule has 0 aliphatic carbocycles. The van der Waals surface area contributed by atoms with Crippen LogP contribution in [0, 0.1) is 13.8 Å². The molecule has 0 aliphatic heterocycles. The lowest BCUT2D eigenvalue weighted by Gasteiger charge is -2.06. The summed E-state index contributed by atoms with van der Waals surface area (Å²) in [5.41, 5.74) is 6.62. The number of nitrogens with zero attached hydrogens (tertiary/aromatic N) is 3. The molecule has 0 saturated carbocycles. The molecule has 0 aliphatic rings. The Kier molecular flexibility index (Phi) is 5.94. The molecule has 0 saturated heterocycles. The van der Waals surface area contributed by atoms with Gasteiger partial charge in [-0.2, -0.15) is 10.2 Å². The van der Waals surface area contributed by atoms with Gasteiger partial charge in [0.05, 0.1) is 18.5 Å². The minimum atomic E-state index is -0.304. The summed E-state index contributed by atoms with van der Waals surface area (Å²) in [5, 5.41) is 9.89. The Morgan fingerprint density at radius 3 is 2.56 bits per heavy atom. The Hall–Kier alpha value is -2.63. The van der Waals surface area contributed by atoms with E-state index < -0.39 is 0 Å². The van der Waals surface area contributed by atoms with Crippen LogP contribution >= 0.6 is 23.2 Å². The first-order valence-electron chi connectivity index (χ1n) is 8.32. The zero-order valence-corrected chi connectivity index (χ0v) is 16.4. The number of hydrogen-bond acceptors (Lipinski definition) is 3. The Morgan fingerprint density at radius 2 is 1.85 bits per heavy atom. The van der Waals surface area contributed by atoms with E-state index in [9.17, 15) is 4.79 Å². The van der Waals surface area contributed by atoms with Gasteiger partial charge in [-0.1, -0.05) is 41.4 Å². The first-order valence-corrected chi connectivity index (χ1v) is 9.07. The second-order valence-corrected chi connectivity index (χ2v) is 6.88. The number of amides is 1. The van der Waals surface area contributed by atoms with Crippen molar-refractivity contribution in [3.63, 3.8) is 0 Å². The van der Waals surface area contributed by atoms with E-state index in [2.05, 4.69) is 15.6 Å². The van der Waals surface area contributed by atoms with Crippen LogP contribution in [0.15, 0.2) is 53.6 Å². The van der Waals surface area contributed by atoms with E-state index in [1.807, 2.05) is 42.8 Å². The first-order chi connectivity index (χ1) is 13.0. The fraction of sp³-hybridized carbons (Fsp3) is 0.150. The number of carbonyl (C=O) groups excluding carboxylic acids is 1. The maximum Gasteiger partial charge on any atom is 0.271 e. The molecule has 5 nitrogen and oxygen atoms in total. The normalized spacial score (nSPS) is 11.1. The van der Waals surface area contributed by atoms with Crippen LogP contribution in [-0.4, -0.2) is 21.9 Å². The van der Waals surface area contributed by atoms with Crippen LogP contribution in [0.1, 0.15) is 32.9 Å². The fourth-order valence-corrected chi connectivity index (χ4v) is 2.98. The van der Waals surface area contributed by atoms with Crippen LogP contribution in [-0.2, 0) is 6.54 Å². The van der Waals surface area contributed by atoms with Gasteiger partial charge in [-0.25, -0.2) is 5.43 Å². The molecule has 7 heteroatoms. The number of halogens is 2. The van der Waals surface area contributed by atoms with Crippen molar-refractivity contribution in [3.8, 4) is 0 Å². The summed E-state index contributed by atoms with van der Waals surface area (Å²) in [7, 11) is 0. The summed E-state index contributed by atoms with van der Waals surface area (Å²) < 4.78 is 1.87. The van der Waals surface area contributed by atoms with E-state index in [0.717, 1.165) is 22.5 Å². The van der Waals surface area contributed by atoms with Crippen molar-refractivity contribution in [2.24, 2.45) is 5.10 Å². The predicted octanol–water partition coefficient (Wildman–Crippen LogP) is 4.62. The van der Waals surface area contributed by atoms with Crippen LogP contribution in [0.3, 0.4) is 0 Å². The predicted molar refractivity (Wildman–Crippen MR) is 109 cm³/mol. The Labute approximate surface area is 167 Å². The number of aryl methyl sites for hydroxylation is 1. The zero-order valence-electron chi connectivity index (χ0n) is 14.9. The maximum absolute atomic E-state index is 12.1. The summed E-state index contributed by atoms with van der Waals surface area (Å²) in [5.74, 6) is -0.304. The summed E-state index contributed by atoms with van der Waals surface area (Å²) in [4.78, 5) is 12.1. The Morgan fingerprint density at radius 1 is 1.15 bits per heavy atom. The van der Waals surface area contributed by atoms with E-state index in [0.29, 0.717) is 22.2 Å². The molecule has 1 N–H and O–H groups in total. The lowest BCUT2D eigenvalue weighted by Crippen LogP contribution is -2.17. The van der Waals surface area contributed by atoms with Gasteiger partial charge in [0.15, 0.2) is 0 Å². The molecule has 0 unspecified atom stereocenters. The molecule has 3 aromatic rings. The molecule has 1 heterocycles. The minimum absolute atomic E-state index is 0.304. The number of hydrogen-bond donors (Lipinski definition) is 1. The molecule has 0 fully saturated rings. The van der Waals surface area contributed by atoms with Gasteiger partial charge in [-0.3, -0.25) is 9.48 Å². The van der Waals surface area contributed by atoms with Gasteiger partial charge in [0, 0.05) is 26.9 Å². The second kappa shape index (κ2) is 8.37. The number of benzene rings is 2. The largest absolute Gasteiger partial charge is 0.271 e. The number of nitrogens with one attached hydrogen (secondary N) is 1. The molecule has 27 heavy (non-hydrogen) atoms. The van der Waals surface area contributed by atoms with Gasteiger partial charge in [0.2, 0.25) is 0 Å². The van der Waals surface area contributed by atoms with Crippen LogP contribution < -0.4 is 5.43 Å². The van der Waals surface area contributed by atoms with E-state index >= 15 is 0 Å². The molecule has 3 rings (SSSR count). The van der Waals surface area contributed by atoms with Crippen LogP contribution in [0.25, 0.3) is 0 Å². The standard InChI is InChI=1S/C20H18Cl2N4O/c1-13-18(11-23-24-20(27)15-7-9-17(21)10-8-15)14(2)26(25-13)12-16-5-3-4-6-19(16)22/h3-11H,12H2,1-2H3,(H,24,27)/b23-11-. The van der Waals surface area contributed by atoms with Gasteiger partial charge < -0.3 is 0 Å². The van der Waals surface area contributed by atoms with E-state index in [-0.39, 0.29) is 5.91 Å². The molecular weight excluding hydrogens is 383 g/mol. The molecule has 138 valence electrons. The van der Waals surface area contributed by atoms with Gasteiger partial charge in [0.1, 0.15) is 0 Å². The van der Waals surface area contributed by atoms with Crippen molar-refractivity contribution in [2.45, 2.75) is 20.4 Å². The van der Waals surface area contributed by atoms with Crippen LogP contribution in [0.4, 0.5) is 0 Å². The maximum atomic E-state index is 12.1. The number of carbonyl (C=O) groups is 1. The highest BCUT2D eigenvalue weighted by Gasteiger charge is 2.11.